The van der Waals surface area contributed by atoms with Crippen LogP contribution in [0.1, 0.15) is 129 Å². The van der Waals surface area contributed by atoms with Gasteiger partial charge in [0.2, 0.25) is 0 Å². The van der Waals surface area contributed by atoms with Crippen LogP contribution >= 0.6 is 0 Å². The van der Waals surface area contributed by atoms with Crippen LogP contribution in [0.2, 0.25) is 0 Å². The van der Waals surface area contributed by atoms with Gasteiger partial charge in [0.1, 0.15) is 0 Å². The molecule has 0 aliphatic carbocycles. The molecule has 2 aliphatic heterocycles. The van der Waals surface area contributed by atoms with Crippen molar-refractivity contribution in [3.05, 3.63) is 173 Å². The van der Waals surface area contributed by atoms with Crippen molar-refractivity contribution in [3.63, 3.8) is 0 Å². The molecule has 0 saturated carbocycles. The summed E-state index contributed by atoms with van der Waals surface area (Å²) in [4.78, 5) is 10.4. The van der Waals surface area contributed by atoms with E-state index in [0.29, 0.717) is 11.8 Å². The minimum absolute atomic E-state index is 0.357. The highest BCUT2D eigenvalue weighted by Crippen LogP contribution is 2.59. The van der Waals surface area contributed by atoms with Crippen molar-refractivity contribution in [1.29, 1.82) is 0 Å². The Labute approximate surface area is 373 Å². The molecule has 0 N–H and O–H groups in total. The molecule has 62 heavy (non-hydrogen) atoms. The number of aryl methyl sites for hydroxylation is 10. The van der Waals surface area contributed by atoms with Gasteiger partial charge in [-0.3, -0.25) is 19.6 Å². The van der Waals surface area contributed by atoms with Crippen molar-refractivity contribution in [2.75, 3.05) is 19.6 Å². The van der Waals surface area contributed by atoms with Crippen molar-refractivity contribution >= 4 is 45.5 Å². The molecule has 8 rings (SSSR count). The lowest BCUT2D eigenvalue weighted by Gasteiger charge is -2.35. The predicted octanol–water partition coefficient (Wildman–Crippen LogP) is 16.7. The van der Waals surface area contributed by atoms with Crippen molar-refractivity contribution in [1.82, 2.24) is 0 Å². The van der Waals surface area contributed by atoms with E-state index in [9.17, 15) is 0 Å². The number of rotatable bonds is 6. The smallest absolute Gasteiger partial charge is 0.166 e. The molecular weight excluding hydrogens is 753 g/mol. The Bertz CT molecular complexity index is 2580. The van der Waals surface area contributed by atoms with E-state index in [-0.39, 0.29) is 0 Å². The molecule has 2 heterocycles. The molecule has 2 aliphatic rings. The van der Waals surface area contributed by atoms with Gasteiger partial charge in [-0.25, -0.2) is 0 Å². The van der Waals surface area contributed by atoms with E-state index in [1.165, 1.54) is 123 Å². The highest BCUT2D eigenvalue weighted by molar-refractivity contribution is 6.01. The van der Waals surface area contributed by atoms with E-state index in [4.69, 9.17) is 0 Å². The Kier molecular flexibility index (Phi) is 10.8. The van der Waals surface area contributed by atoms with Crippen molar-refractivity contribution in [2.45, 2.75) is 136 Å². The molecule has 0 unspecified atom stereocenters. The largest absolute Gasteiger partial charge is 0.291 e. The normalized spacial score (nSPS) is 14.9. The Balaban J connectivity index is 1.65. The van der Waals surface area contributed by atoms with E-state index in [2.05, 4.69) is 217 Å². The Morgan fingerprint density at radius 1 is 0.258 bits per heavy atom. The highest BCUT2D eigenvalue weighted by atomic mass is 15.5. The lowest BCUT2D eigenvalue weighted by atomic mass is 9.96. The Morgan fingerprint density at radius 3 is 0.645 bits per heavy atom. The molecule has 4 heteroatoms. The third-order valence-corrected chi connectivity index (χ3v) is 14.7. The topological polar surface area (TPSA) is 13.0 Å². The lowest BCUT2D eigenvalue weighted by molar-refractivity contribution is 0.856. The summed E-state index contributed by atoms with van der Waals surface area (Å²) in [6, 6.07) is 29.2. The van der Waals surface area contributed by atoms with Crippen LogP contribution in [0.4, 0.5) is 45.5 Å². The minimum Gasteiger partial charge on any atom is -0.291 e. The van der Waals surface area contributed by atoms with Crippen LogP contribution in [-0.4, -0.2) is 0 Å². The summed E-state index contributed by atoms with van der Waals surface area (Å²) in [6.07, 6.45) is 0. The lowest BCUT2D eigenvalue weighted by Crippen LogP contribution is -2.33. The standard InChI is InChI=1S/C58H68N4/c1-31(2)51-29-55-53(27-41(51)13)59(47-19-33(5)43(15)34(6)20-47)57(61(55)49-23-37(9)45(17)38(10)24-49)58-60(48-21-35(7)44(16)36(8)22-48)54-28-42(14)52(32(3)4)30-56(54)62(58)50-25-39(11)46(18)40(12)26-50/h19-32H,1-18H3/b58-57+. The minimum atomic E-state index is 0.357. The van der Waals surface area contributed by atoms with Gasteiger partial charge in [0, 0.05) is 22.7 Å². The first-order chi connectivity index (χ1) is 29.2. The van der Waals surface area contributed by atoms with E-state index < -0.39 is 0 Å². The van der Waals surface area contributed by atoms with Gasteiger partial charge in [0.15, 0.2) is 11.6 Å². The molecule has 0 atom stereocenters. The molecule has 0 fully saturated rings. The summed E-state index contributed by atoms with van der Waals surface area (Å²) in [5.41, 5.74) is 30.4. The molecule has 6 aromatic rings. The second-order valence-corrected chi connectivity index (χ2v) is 19.5. The molecule has 0 aromatic heterocycles. The summed E-state index contributed by atoms with van der Waals surface area (Å²) in [5.74, 6) is 2.93. The molecule has 0 bridgehead atoms. The number of benzene rings is 6. The Morgan fingerprint density at radius 2 is 0.452 bits per heavy atom. The molecule has 0 radical (unpaired) electrons. The molecule has 6 aromatic carbocycles. The zero-order valence-corrected chi connectivity index (χ0v) is 40.9. The number of hydrogen-bond donors (Lipinski definition) is 0. The SMILES string of the molecule is Cc1cc2c(cc1C(C)C)N(c1cc(C)c(C)c(C)c1)/C(=C1\N(c3cc(C)c(C)c(C)c3)c3cc(C)c(C(C)C)cc3N1c1cc(C)c(C)c(C)c1)N2c1cc(C)c(C)c(C)c1. The number of nitrogens with zero attached hydrogens (tertiary/aromatic N) is 4. The van der Waals surface area contributed by atoms with Crippen LogP contribution in [0, 0.1) is 96.9 Å². The zero-order chi connectivity index (χ0) is 45.0. The fourth-order valence-electron chi connectivity index (χ4n) is 10.0. The molecular formula is C58H68N4. The van der Waals surface area contributed by atoms with E-state index in [1.54, 1.807) is 0 Å². The summed E-state index contributed by atoms with van der Waals surface area (Å²) in [7, 11) is 0. The van der Waals surface area contributed by atoms with Gasteiger partial charge >= 0.3 is 0 Å². The summed E-state index contributed by atoms with van der Waals surface area (Å²) in [5, 5.41) is 0. The second-order valence-electron chi connectivity index (χ2n) is 19.5. The molecule has 0 spiro atoms. The van der Waals surface area contributed by atoms with Crippen molar-refractivity contribution < 1.29 is 0 Å². The first-order valence-electron chi connectivity index (χ1n) is 22.7. The zero-order valence-electron chi connectivity index (χ0n) is 40.9. The third kappa shape index (κ3) is 6.82. The van der Waals surface area contributed by atoms with Gasteiger partial charge in [0.05, 0.1) is 22.7 Å². The summed E-state index contributed by atoms with van der Waals surface area (Å²) < 4.78 is 0. The van der Waals surface area contributed by atoms with Gasteiger partial charge in [-0.1, -0.05) is 27.7 Å². The first kappa shape index (κ1) is 42.9. The highest BCUT2D eigenvalue weighted by Gasteiger charge is 2.45. The maximum absolute atomic E-state index is 2.60. The van der Waals surface area contributed by atoms with Crippen LogP contribution < -0.4 is 19.6 Å². The van der Waals surface area contributed by atoms with E-state index in [0.717, 1.165) is 23.0 Å². The summed E-state index contributed by atoms with van der Waals surface area (Å²) in [6.45, 7) is 41.1. The van der Waals surface area contributed by atoms with Gasteiger partial charge in [-0.05, 0) is 271 Å². The fraction of sp³-hybridized carbons (Fsp3) is 0.345. The second kappa shape index (κ2) is 15.6. The average Bonchev–Trinajstić information content (AvgIpc) is 3.70. The molecule has 4 nitrogen and oxygen atoms in total. The average molecular weight is 821 g/mol. The van der Waals surface area contributed by atoms with E-state index >= 15 is 0 Å². The van der Waals surface area contributed by atoms with Crippen LogP contribution in [0.3, 0.4) is 0 Å². The van der Waals surface area contributed by atoms with Crippen molar-refractivity contribution in [2.24, 2.45) is 0 Å². The number of fused-ring (bicyclic) bond motifs is 2. The van der Waals surface area contributed by atoms with Gasteiger partial charge in [-0.2, -0.15) is 0 Å². The monoisotopic (exact) mass is 821 g/mol. The predicted molar refractivity (Wildman–Crippen MR) is 269 cm³/mol. The van der Waals surface area contributed by atoms with E-state index in [1.807, 2.05) is 0 Å². The maximum Gasteiger partial charge on any atom is 0.166 e. The quantitative estimate of drug-likeness (QED) is 0.166. The fourth-order valence-corrected chi connectivity index (χ4v) is 10.0. The van der Waals surface area contributed by atoms with Crippen LogP contribution in [0.5, 0.6) is 0 Å². The van der Waals surface area contributed by atoms with Gasteiger partial charge in [-0.15, -0.1) is 0 Å². The number of hydrogen-bond acceptors (Lipinski definition) is 4. The molecule has 0 saturated heterocycles. The van der Waals surface area contributed by atoms with Crippen LogP contribution in [0.15, 0.2) is 84.4 Å². The maximum atomic E-state index is 2.60. The Hall–Kier alpha value is -5.74. The molecule has 0 amide bonds. The first-order valence-corrected chi connectivity index (χ1v) is 22.7. The van der Waals surface area contributed by atoms with Crippen LogP contribution in [0.25, 0.3) is 0 Å². The molecule has 320 valence electrons. The van der Waals surface area contributed by atoms with Gasteiger partial charge in [0.25, 0.3) is 0 Å². The van der Waals surface area contributed by atoms with Crippen molar-refractivity contribution in [3.8, 4) is 0 Å². The van der Waals surface area contributed by atoms with Crippen LogP contribution in [-0.2, 0) is 0 Å². The van der Waals surface area contributed by atoms with Gasteiger partial charge < -0.3 is 0 Å². The summed E-state index contributed by atoms with van der Waals surface area (Å²) >= 11 is 0. The third-order valence-electron chi connectivity index (χ3n) is 14.7. The number of anilines is 8.